The molecule has 2 heterocycles. The maximum absolute atomic E-state index is 12.3. The molecule has 6 nitrogen and oxygen atoms in total. The predicted octanol–water partition coefficient (Wildman–Crippen LogP) is 2.14. The fraction of sp³-hybridized carbons (Fsp3) is 0.353. The van der Waals surface area contributed by atoms with Crippen molar-refractivity contribution in [3.8, 4) is 0 Å². The summed E-state index contributed by atoms with van der Waals surface area (Å²) in [4.78, 5) is 17.3. The Morgan fingerprint density at radius 2 is 1.81 bits per heavy atom. The lowest BCUT2D eigenvalue weighted by atomic mass is 10.3. The van der Waals surface area contributed by atoms with Gasteiger partial charge in [-0.15, -0.1) is 11.3 Å². The van der Waals surface area contributed by atoms with E-state index in [-0.39, 0.29) is 10.8 Å². The molecule has 3 rings (SSSR count). The number of hydrogen-bond acceptors (Lipinski definition) is 5. The smallest absolute Gasteiger partial charge is 0.264 e. The molecule has 1 saturated heterocycles. The van der Waals surface area contributed by atoms with E-state index in [0.717, 1.165) is 18.0 Å². The molecule has 1 aromatic heterocycles. The predicted molar refractivity (Wildman–Crippen MR) is 103 cm³/mol. The van der Waals surface area contributed by atoms with Crippen LogP contribution in [0, 0.1) is 0 Å². The van der Waals surface area contributed by atoms with E-state index >= 15 is 0 Å². The number of thiophene rings is 1. The van der Waals surface area contributed by atoms with Gasteiger partial charge in [0.15, 0.2) is 0 Å². The Bertz CT molecular complexity index is 831. The van der Waals surface area contributed by atoms with E-state index in [0.29, 0.717) is 31.2 Å². The minimum absolute atomic E-state index is 0.0723. The lowest BCUT2D eigenvalue weighted by Crippen LogP contribution is -2.50. The highest BCUT2D eigenvalue weighted by atomic mass is 35.5. The Morgan fingerprint density at radius 1 is 1.12 bits per heavy atom. The molecular weight excluding hydrogens is 394 g/mol. The van der Waals surface area contributed by atoms with Crippen LogP contribution < -0.4 is 4.72 Å². The van der Waals surface area contributed by atoms with E-state index in [4.69, 9.17) is 11.6 Å². The van der Waals surface area contributed by atoms with Gasteiger partial charge in [0, 0.05) is 44.3 Å². The molecule has 0 atom stereocenters. The van der Waals surface area contributed by atoms with Gasteiger partial charge in [0.2, 0.25) is 10.0 Å². The van der Waals surface area contributed by atoms with Crippen molar-refractivity contribution < 1.29 is 13.2 Å². The van der Waals surface area contributed by atoms with Gasteiger partial charge in [0.25, 0.3) is 5.91 Å². The summed E-state index contributed by atoms with van der Waals surface area (Å²) in [6, 6.07) is 9.80. The SMILES string of the molecule is O=C(c1cccs1)N1CCN(CCNS(=O)(=O)c2ccc(Cl)cc2)CC1. The number of carbonyl (C=O) groups excluding carboxylic acids is 1. The standard InChI is InChI=1S/C17H20ClN3O3S2/c18-14-3-5-15(6-4-14)26(23,24)19-7-8-20-9-11-21(12-10-20)17(22)16-2-1-13-25-16/h1-6,13,19H,7-12H2. The van der Waals surface area contributed by atoms with E-state index in [9.17, 15) is 13.2 Å². The molecule has 0 bridgehead atoms. The number of piperazine rings is 1. The highest BCUT2D eigenvalue weighted by Crippen LogP contribution is 2.15. The van der Waals surface area contributed by atoms with E-state index in [2.05, 4.69) is 9.62 Å². The van der Waals surface area contributed by atoms with Crippen LogP contribution in [0.4, 0.5) is 0 Å². The van der Waals surface area contributed by atoms with Crippen LogP contribution in [-0.2, 0) is 10.0 Å². The van der Waals surface area contributed by atoms with Crippen LogP contribution in [0.1, 0.15) is 9.67 Å². The average molecular weight is 414 g/mol. The fourth-order valence-corrected chi connectivity index (χ4v) is 4.60. The third kappa shape index (κ3) is 4.83. The zero-order chi connectivity index (χ0) is 18.6. The first kappa shape index (κ1) is 19.3. The number of sulfonamides is 1. The molecule has 1 N–H and O–H groups in total. The van der Waals surface area contributed by atoms with Gasteiger partial charge in [-0.1, -0.05) is 17.7 Å². The zero-order valence-electron chi connectivity index (χ0n) is 14.1. The van der Waals surface area contributed by atoms with Crippen molar-refractivity contribution >= 4 is 38.9 Å². The molecule has 0 spiro atoms. The van der Waals surface area contributed by atoms with Gasteiger partial charge < -0.3 is 4.90 Å². The number of nitrogens with zero attached hydrogens (tertiary/aromatic N) is 2. The van der Waals surface area contributed by atoms with Crippen molar-refractivity contribution in [1.82, 2.24) is 14.5 Å². The minimum atomic E-state index is -3.53. The van der Waals surface area contributed by atoms with E-state index in [1.807, 2.05) is 22.4 Å². The van der Waals surface area contributed by atoms with Crippen LogP contribution in [0.5, 0.6) is 0 Å². The van der Waals surface area contributed by atoms with Crippen molar-refractivity contribution in [2.45, 2.75) is 4.90 Å². The number of amides is 1. The topological polar surface area (TPSA) is 69.7 Å². The molecule has 1 amide bonds. The third-order valence-electron chi connectivity index (χ3n) is 4.24. The summed E-state index contributed by atoms with van der Waals surface area (Å²) in [6.45, 7) is 3.71. The number of nitrogens with one attached hydrogen (secondary N) is 1. The Hall–Kier alpha value is -1.45. The van der Waals surface area contributed by atoms with Crippen LogP contribution in [0.2, 0.25) is 5.02 Å². The molecule has 1 fully saturated rings. The molecule has 26 heavy (non-hydrogen) atoms. The Morgan fingerprint density at radius 3 is 2.42 bits per heavy atom. The minimum Gasteiger partial charge on any atom is -0.335 e. The molecule has 1 aliphatic heterocycles. The Kier molecular flexibility index (Phi) is 6.31. The van der Waals surface area contributed by atoms with Gasteiger partial charge in [-0.2, -0.15) is 0 Å². The summed E-state index contributed by atoms with van der Waals surface area (Å²) in [5, 5.41) is 2.40. The Balaban J connectivity index is 1.44. The van der Waals surface area contributed by atoms with Gasteiger partial charge in [-0.05, 0) is 35.7 Å². The second-order valence-electron chi connectivity index (χ2n) is 5.96. The third-order valence-corrected chi connectivity index (χ3v) is 6.82. The molecule has 0 aliphatic carbocycles. The molecule has 140 valence electrons. The molecule has 0 radical (unpaired) electrons. The normalized spacial score (nSPS) is 16.0. The maximum atomic E-state index is 12.3. The molecule has 0 unspecified atom stereocenters. The second-order valence-corrected chi connectivity index (χ2v) is 9.11. The van der Waals surface area contributed by atoms with Crippen LogP contribution >= 0.6 is 22.9 Å². The molecule has 9 heteroatoms. The van der Waals surface area contributed by atoms with Crippen LogP contribution in [0.3, 0.4) is 0 Å². The van der Waals surface area contributed by atoms with Crippen molar-refractivity contribution in [2.24, 2.45) is 0 Å². The summed E-state index contributed by atoms with van der Waals surface area (Å²) in [7, 11) is -3.53. The lowest BCUT2D eigenvalue weighted by molar-refractivity contribution is 0.0645. The summed E-state index contributed by atoms with van der Waals surface area (Å²) < 4.78 is 27.1. The van der Waals surface area contributed by atoms with Crippen LogP contribution in [0.25, 0.3) is 0 Å². The average Bonchev–Trinajstić information content (AvgIpc) is 3.17. The van der Waals surface area contributed by atoms with E-state index < -0.39 is 10.0 Å². The highest BCUT2D eigenvalue weighted by molar-refractivity contribution is 7.89. The number of halogens is 1. The van der Waals surface area contributed by atoms with E-state index in [1.165, 1.54) is 23.5 Å². The summed E-state index contributed by atoms with van der Waals surface area (Å²) in [5.41, 5.74) is 0. The van der Waals surface area contributed by atoms with E-state index in [1.54, 1.807) is 12.1 Å². The number of benzene rings is 1. The largest absolute Gasteiger partial charge is 0.335 e. The fourth-order valence-electron chi connectivity index (χ4n) is 2.77. The molecular formula is C17H20ClN3O3S2. The second kappa shape index (κ2) is 8.49. The lowest BCUT2D eigenvalue weighted by Gasteiger charge is -2.34. The first-order valence-corrected chi connectivity index (χ1v) is 11.0. The monoisotopic (exact) mass is 413 g/mol. The van der Waals surface area contributed by atoms with Crippen molar-refractivity contribution in [3.63, 3.8) is 0 Å². The van der Waals surface area contributed by atoms with Gasteiger partial charge in [0.1, 0.15) is 0 Å². The van der Waals surface area contributed by atoms with Crippen molar-refractivity contribution in [2.75, 3.05) is 39.3 Å². The molecule has 0 saturated carbocycles. The molecule has 2 aromatic rings. The van der Waals surface area contributed by atoms with Crippen molar-refractivity contribution in [1.29, 1.82) is 0 Å². The number of carbonyl (C=O) groups is 1. The maximum Gasteiger partial charge on any atom is 0.264 e. The molecule has 1 aromatic carbocycles. The van der Waals surface area contributed by atoms with Crippen molar-refractivity contribution in [3.05, 3.63) is 51.7 Å². The zero-order valence-corrected chi connectivity index (χ0v) is 16.5. The number of rotatable bonds is 6. The molecule has 1 aliphatic rings. The number of hydrogen-bond donors (Lipinski definition) is 1. The van der Waals surface area contributed by atoms with Crippen LogP contribution in [0.15, 0.2) is 46.7 Å². The first-order valence-electron chi connectivity index (χ1n) is 8.26. The van der Waals surface area contributed by atoms with Crippen LogP contribution in [-0.4, -0.2) is 63.4 Å². The summed E-state index contributed by atoms with van der Waals surface area (Å²) in [6.07, 6.45) is 0. The van der Waals surface area contributed by atoms with Gasteiger partial charge in [-0.25, -0.2) is 13.1 Å². The Labute approximate surface area is 162 Å². The first-order chi connectivity index (χ1) is 12.5. The van der Waals surface area contributed by atoms with Gasteiger partial charge in [-0.3, -0.25) is 9.69 Å². The summed E-state index contributed by atoms with van der Waals surface area (Å²) >= 11 is 7.24. The van der Waals surface area contributed by atoms with Gasteiger partial charge in [0.05, 0.1) is 9.77 Å². The van der Waals surface area contributed by atoms with Gasteiger partial charge >= 0.3 is 0 Å². The quantitative estimate of drug-likeness (QED) is 0.787. The summed E-state index contributed by atoms with van der Waals surface area (Å²) in [5.74, 6) is 0.0723. The highest BCUT2D eigenvalue weighted by Gasteiger charge is 2.23.